The lowest BCUT2D eigenvalue weighted by molar-refractivity contribution is -0.127. The molecule has 3 heterocycles. The Morgan fingerprint density at radius 2 is 1.87 bits per heavy atom. The van der Waals surface area contributed by atoms with Crippen LogP contribution in [0.1, 0.15) is 25.3 Å². The number of ether oxygens (including phenoxy) is 1. The average molecular weight is 513 g/mol. The Balaban J connectivity index is 1.55. The van der Waals surface area contributed by atoms with Crippen molar-refractivity contribution < 1.29 is 19.4 Å². The number of carbonyl (C=O) groups is 2. The molecule has 10 heteroatoms. The molecule has 1 saturated heterocycles. The van der Waals surface area contributed by atoms with E-state index in [2.05, 4.69) is 21.9 Å². The van der Waals surface area contributed by atoms with E-state index in [9.17, 15) is 14.7 Å². The van der Waals surface area contributed by atoms with Crippen LogP contribution in [0.4, 0.5) is 5.82 Å². The fourth-order valence-corrected chi connectivity index (χ4v) is 4.61. The van der Waals surface area contributed by atoms with Crippen molar-refractivity contribution in [2.75, 3.05) is 25.0 Å². The molecule has 10 nitrogen and oxygen atoms in total. The number of aliphatic hydroxyl groups is 1. The molecular weight excluding hydrogens is 484 g/mol. The third-order valence-corrected chi connectivity index (χ3v) is 6.42. The van der Waals surface area contributed by atoms with Crippen LogP contribution in [0.25, 0.3) is 22.3 Å². The van der Waals surface area contributed by atoms with E-state index < -0.39 is 0 Å². The van der Waals surface area contributed by atoms with Crippen LogP contribution in [-0.2, 0) is 9.59 Å². The highest BCUT2D eigenvalue weighted by Gasteiger charge is 2.28. The SMILES string of the molecule is C=CC(=O)N1CCCC(n2nc(-c3ccc(Oc4ccccc4)cc3)c3c(NC(=O)CCO)ncnc32)C1. The topological polar surface area (TPSA) is 122 Å². The summed E-state index contributed by atoms with van der Waals surface area (Å²) in [5.74, 6) is 1.23. The molecule has 38 heavy (non-hydrogen) atoms. The number of carbonyl (C=O) groups excluding carboxylic acids is 2. The maximum absolute atomic E-state index is 12.4. The van der Waals surface area contributed by atoms with Crippen molar-refractivity contribution in [2.24, 2.45) is 0 Å². The number of rotatable bonds is 8. The Bertz CT molecular complexity index is 1450. The predicted molar refractivity (Wildman–Crippen MR) is 143 cm³/mol. The number of nitrogens with one attached hydrogen (secondary N) is 1. The summed E-state index contributed by atoms with van der Waals surface area (Å²) in [6.07, 6.45) is 4.28. The zero-order valence-electron chi connectivity index (χ0n) is 20.8. The summed E-state index contributed by atoms with van der Waals surface area (Å²) >= 11 is 0. The van der Waals surface area contributed by atoms with E-state index in [1.165, 1.54) is 12.4 Å². The minimum absolute atomic E-state index is 0.0538. The van der Waals surface area contributed by atoms with Gasteiger partial charge in [0.15, 0.2) is 5.65 Å². The summed E-state index contributed by atoms with van der Waals surface area (Å²) in [6.45, 7) is 4.47. The molecule has 5 rings (SSSR count). The van der Waals surface area contributed by atoms with E-state index in [4.69, 9.17) is 9.84 Å². The van der Waals surface area contributed by atoms with E-state index in [0.717, 1.165) is 24.2 Å². The highest BCUT2D eigenvalue weighted by molar-refractivity contribution is 6.04. The van der Waals surface area contributed by atoms with Crippen molar-refractivity contribution in [3.63, 3.8) is 0 Å². The predicted octanol–water partition coefficient (Wildman–Crippen LogP) is 3.96. The number of amides is 2. The number of likely N-dealkylation sites (tertiary alicyclic amines) is 1. The van der Waals surface area contributed by atoms with E-state index in [0.29, 0.717) is 41.4 Å². The van der Waals surface area contributed by atoms with Crippen LogP contribution in [0.2, 0.25) is 0 Å². The summed E-state index contributed by atoms with van der Waals surface area (Å²) in [5.41, 5.74) is 1.94. The molecule has 1 aliphatic heterocycles. The fraction of sp³-hybridized carbons (Fsp3) is 0.250. The molecule has 2 amide bonds. The van der Waals surface area contributed by atoms with Crippen LogP contribution in [0.15, 0.2) is 73.6 Å². The van der Waals surface area contributed by atoms with E-state index >= 15 is 0 Å². The molecule has 4 aromatic rings. The largest absolute Gasteiger partial charge is 0.457 e. The number of benzene rings is 2. The summed E-state index contributed by atoms with van der Waals surface area (Å²) in [5, 5.41) is 17.5. The molecule has 2 aromatic heterocycles. The molecule has 0 radical (unpaired) electrons. The van der Waals surface area contributed by atoms with Gasteiger partial charge in [0, 0.05) is 18.7 Å². The molecule has 0 spiro atoms. The van der Waals surface area contributed by atoms with Crippen LogP contribution in [0.3, 0.4) is 0 Å². The summed E-state index contributed by atoms with van der Waals surface area (Å²) < 4.78 is 7.75. The van der Waals surface area contributed by atoms with E-state index in [-0.39, 0.29) is 30.9 Å². The molecule has 2 N–H and O–H groups in total. The number of fused-ring (bicyclic) bond motifs is 1. The lowest BCUT2D eigenvalue weighted by Crippen LogP contribution is -2.40. The van der Waals surface area contributed by atoms with Gasteiger partial charge in [0.25, 0.3) is 0 Å². The van der Waals surface area contributed by atoms with E-state index in [1.54, 1.807) is 4.90 Å². The zero-order chi connectivity index (χ0) is 26.5. The molecule has 0 saturated carbocycles. The first-order chi connectivity index (χ1) is 18.6. The van der Waals surface area contributed by atoms with E-state index in [1.807, 2.05) is 59.3 Å². The standard InChI is InChI=1S/C28H28N6O4/c1-2-24(37)33-15-6-7-20(17-33)34-28-25(27(29-18-30-28)31-23(36)14-16-35)26(32-34)19-10-12-22(13-11-19)38-21-8-4-3-5-9-21/h2-5,8-13,18,20,35H,1,6-7,14-17H2,(H,29,30,31,36). The van der Waals surface area contributed by atoms with Gasteiger partial charge in [-0.25, -0.2) is 14.6 Å². The molecule has 1 unspecified atom stereocenters. The smallest absolute Gasteiger partial charge is 0.246 e. The van der Waals surface area contributed by atoms with Gasteiger partial charge < -0.3 is 20.1 Å². The van der Waals surface area contributed by atoms with Gasteiger partial charge in [-0.3, -0.25) is 9.59 Å². The number of piperidine rings is 1. The number of anilines is 1. The van der Waals surface area contributed by atoms with Crippen molar-refractivity contribution in [3.8, 4) is 22.8 Å². The first kappa shape index (κ1) is 25.1. The minimum Gasteiger partial charge on any atom is -0.457 e. The molecule has 1 fully saturated rings. The Morgan fingerprint density at radius 3 is 2.61 bits per heavy atom. The van der Waals surface area contributed by atoms with Crippen LogP contribution < -0.4 is 10.1 Å². The molecular formula is C28H28N6O4. The van der Waals surface area contributed by atoms with Gasteiger partial charge in [-0.15, -0.1) is 0 Å². The lowest BCUT2D eigenvalue weighted by atomic mass is 10.1. The normalized spacial score (nSPS) is 15.3. The maximum Gasteiger partial charge on any atom is 0.246 e. The minimum atomic E-state index is -0.363. The molecule has 1 atom stereocenters. The Morgan fingerprint density at radius 1 is 1.11 bits per heavy atom. The monoisotopic (exact) mass is 512 g/mol. The second kappa shape index (κ2) is 11.2. The summed E-state index contributed by atoms with van der Waals surface area (Å²) in [6, 6.07) is 16.9. The highest BCUT2D eigenvalue weighted by Crippen LogP contribution is 2.35. The summed E-state index contributed by atoms with van der Waals surface area (Å²) in [7, 11) is 0. The summed E-state index contributed by atoms with van der Waals surface area (Å²) in [4.78, 5) is 35.3. The van der Waals surface area contributed by atoms with Crippen molar-refractivity contribution in [2.45, 2.75) is 25.3 Å². The first-order valence-electron chi connectivity index (χ1n) is 12.5. The van der Waals surface area contributed by atoms with Crippen molar-refractivity contribution in [1.82, 2.24) is 24.6 Å². The first-order valence-corrected chi connectivity index (χ1v) is 12.5. The highest BCUT2D eigenvalue weighted by atomic mass is 16.5. The Labute approximate surface area is 219 Å². The maximum atomic E-state index is 12.4. The third kappa shape index (κ3) is 5.25. The number of para-hydroxylation sites is 1. The molecule has 0 bridgehead atoms. The number of hydrogen-bond donors (Lipinski definition) is 2. The lowest BCUT2D eigenvalue weighted by Gasteiger charge is -2.32. The van der Waals surface area contributed by atoms with Gasteiger partial charge in [0.2, 0.25) is 11.8 Å². The molecule has 1 aliphatic rings. The van der Waals surface area contributed by atoms with Crippen molar-refractivity contribution in [1.29, 1.82) is 0 Å². The van der Waals surface area contributed by atoms with Gasteiger partial charge in [-0.1, -0.05) is 24.8 Å². The van der Waals surface area contributed by atoms with Gasteiger partial charge in [-0.2, -0.15) is 5.10 Å². The van der Waals surface area contributed by atoms with Crippen LogP contribution in [0, 0.1) is 0 Å². The van der Waals surface area contributed by atoms with Crippen molar-refractivity contribution >= 4 is 28.7 Å². The van der Waals surface area contributed by atoms with Gasteiger partial charge in [0.1, 0.15) is 29.3 Å². The second-order valence-corrected chi connectivity index (χ2v) is 8.96. The van der Waals surface area contributed by atoms with Gasteiger partial charge >= 0.3 is 0 Å². The zero-order valence-corrected chi connectivity index (χ0v) is 20.8. The van der Waals surface area contributed by atoms with Crippen LogP contribution >= 0.6 is 0 Å². The van der Waals surface area contributed by atoms with Crippen LogP contribution in [0.5, 0.6) is 11.5 Å². The molecule has 194 valence electrons. The number of hydrogen-bond acceptors (Lipinski definition) is 7. The molecule has 2 aromatic carbocycles. The van der Waals surface area contributed by atoms with Gasteiger partial charge in [-0.05, 0) is 55.3 Å². The Kier molecular flexibility index (Phi) is 7.41. The number of nitrogens with zero attached hydrogens (tertiary/aromatic N) is 5. The van der Waals surface area contributed by atoms with Crippen LogP contribution in [-0.4, -0.2) is 61.3 Å². The number of aromatic nitrogens is 4. The van der Waals surface area contributed by atoms with Gasteiger partial charge in [0.05, 0.1) is 24.5 Å². The quantitative estimate of drug-likeness (QED) is 0.343. The van der Waals surface area contributed by atoms with Crippen molar-refractivity contribution in [3.05, 3.63) is 73.6 Å². The fourth-order valence-electron chi connectivity index (χ4n) is 4.61. The average Bonchev–Trinajstić information content (AvgIpc) is 3.34. The Hall–Kier alpha value is -4.57. The third-order valence-electron chi connectivity index (χ3n) is 6.42. The molecule has 0 aliphatic carbocycles. The second-order valence-electron chi connectivity index (χ2n) is 8.96. The number of aliphatic hydroxyl groups excluding tert-OH is 1.